The van der Waals surface area contributed by atoms with Crippen molar-refractivity contribution in [3.8, 4) is 11.5 Å². The van der Waals surface area contributed by atoms with E-state index in [4.69, 9.17) is 14.3 Å². The van der Waals surface area contributed by atoms with Crippen LogP contribution in [-0.4, -0.2) is 36.0 Å². The average Bonchev–Trinajstić information content (AvgIpc) is 3.37. The molecule has 0 aliphatic carbocycles. The van der Waals surface area contributed by atoms with E-state index < -0.39 is 0 Å². The number of hydrogen-bond donors (Lipinski definition) is 0. The maximum atomic E-state index is 14.0. The molecular formula is C21H21FN2O4. The predicted molar refractivity (Wildman–Crippen MR) is 101 cm³/mol. The minimum atomic E-state index is -0.318. The van der Waals surface area contributed by atoms with Crippen LogP contribution in [0.15, 0.2) is 47.6 Å². The number of carbonyl (C=O) groups excluding carboxylic acids is 1. The fourth-order valence-corrected chi connectivity index (χ4v) is 3.33. The molecule has 146 valence electrons. The fourth-order valence-electron chi connectivity index (χ4n) is 3.33. The molecule has 0 saturated heterocycles. The molecule has 2 aliphatic heterocycles. The molecule has 0 saturated carbocycles. The van der Waals surface area contributed by atoms with Gasteiger partial charge in [0.1, 0.15) is 5.82 Å². The van der Waals surface area contributed by atoms with E-state index in [1.54, 1.807) is 30.0 Å². The monoisotopic (exact) mass is 384 g/mol. The van der Waals surface area contributed by atoms with Crippen molar-refractivity contribution in [2.45, 2.75) is 32.4 Å². The number of benzene rings is 2. The third kappa shape index (κ3) is 3.78. The van der Waals surface area contributed by atoms with Crippen molar-refractivity contribution in [2.24, 2.45) is 5.16 Å². The van der Waals surface area contributed by atoms with E-state index in [0.29, 0.717) is 36.4 Å². The molecule has 2 heterocycles. The lowest BCUT2D eigenvalue weighted by Crippen LogP contribution is -2.37. The Balaban J connectivity index is 1.43. The zero-order valence-electron chi connectivity index (χ0n) is 15.6. The maximum absolute atomic E-state index is 14.0. The molecule has 0 fully saturated rings. The number of hydrogen-bond acceptors (Lipinski definition) is 5. The first-order chi connectivity index (χ1) is 13.6. The van der Waals surface area contributed by atoms with Crippen molar-refractivity contribution >= 4 is 11.6 Å². The number of carbonyl (C=O) groups is 1. The van der Waals surface area contributed by atoms with Gasteiger partial charge in [-0.15, -0.1) is 0 Å². The van der Waals surface area contributed by atoms with Gasteiger partial charge in [0.15, 0.2) is 17.6 Å². The van der Waals surface area contributed by atoms with Crippen LogP contribution < -0.4 is 9.47 Å². The third-order valence-corrected chi connectivity index (χ3v) is 4.84. The number of amides is 1. The molecule has 1 amide bonds. The molecule has 6 nitrogen and oxygen atoms in total. The van der Waals surface area contributed by atoms with Gasteiger partial charge in [-0.1, -0.05) is 30.3 Å². The Labute approximate surface area is 162 Å². The van der Waals surface area contributed by atoms with Crippen molar-refractivity contribution in [1.29, 1.82) is 0 Å². The first-order valence-corrected chi connectivity index (χ1v) is 9.28. The summed E-state index contributed by atoms with van der Waals surface area (Å²) in [5.74, 6) is 1.03. The molecule has 0 unspecified atom stereocenters. The Morgan fingerprint density at radius 1 is 1.21 bits per heavy atom. The summed E-state index contributed by atoms with van der Waals surface area (Å²) in [5.41, 5.74) is 2.17. The van der Waals surface area contributed by atoms with E-state index in [-0.39, 0.29) is 31.2 Å². The quantitative estimate of drug-likeness (QED) is 0.765. The molecule has 0 bridgehead atoms. The lowest BCUT2D eigenvalue weighted by molar-refractivity contribution is -0.133. The summed E-state index contributed by atoms with van der Waals surface area (Å²) in [5, 5.41) is 4.18. The maximum Gasteiger partial charge on any atom is 0.231 e. The van der Waals surface area contributed by atoms with Gasteiger partial charge in [0, 0.05) is 30.5 Å². The standard InChI is InChI=1S/C21H21FN2O4/c1-2-21(25)24(11-15-5-3-4-6-17(15)22)12-16-10-18(23-28-16)14-7-8-19-20(9-14)27-13-26-19/h3-9,16H,2,10-13H2,1H3/t16-/m1/s1. The van der Waals surface area contributed by atoms with Gasteiger partial charge in [0.05, 0.1) is 12.3 Å². The van der Waals surface area contributed by atoms with Gasteiger partial charge in [0.2, 0.25) is 12.7 Å². The minimum absolute atomic E-state index is 0.0524. The number of fused-ring (bicyclic) bond motifs is 1. The summed E-state index contributed by atoms with van der Waals surface area (Å²) in [4.78, 5) is 19.6. The number of oxime groups is 1. The van der Waals surface area contributed by atoms with Crippen LogP contribution in [0.4, 0.5) is 4.39 Å². The Hall–Kier alpha value is -3.09. The highest BCUT2D eigenvalue weighted by Crippen LogP contribution is 2.33. The molecule has 2 aromatic rings. The second kappa shape index (κ2) is 7.88. The van der Waals surface area contributed by atoms with E-state index in [1.165, 1.54) is 6.07 Å². The summed E-state index contributed by atoms with van der Waals surface area (Å²) in [6, 6.07) is 12.1. The first kappa shape index (κ1) is 18.3. The summed E-state index contributed by atoms with van der Waals surface area (Å²) in [7, 11) is 0. The molecule has 2 aromatic carbocycles. The van der Waals surface area contributed by atoms with Gasteiger partial charge in [-0.25, -0.2) is 4.39 Å². The molecule has 7 heteroatoms. The molecule has 4 rings (SSSR count). The van der Waals surface area contributed by atoms with Crippen LogP contribution in [0.25, 0.3) is 0 Å². The van der Waals surface area contributed by atoms with E-state index >= 15 is 0 Å². The van der Waals surface area contributed by atoms with E-state index in [0.717, 1.165) is 11.3 Å². The zero-order chi connectivity index (χ0) is 19.5. The van der Waals surface area contributed by atoms with Crippen LogP contribution >= 0.6 is 0 Å². The van der Waals surface area contributed by atoms with Crippen molar-refractivity contribution < 1.29 is 23.5 Å². The van der Waals surface area contributed by atoms with Gasteiger partial charge in [-0.05, 0) is 24.3 Å². The molecule has 0 spiro atoms. The van der Waals surface area contributed by atoms with E-state index in [9.17, 15) is 9.18 Å². The molecular weight excluding hydrogens is 363 g/mol. The molecule has 28 heavy (non-hydrogen) atoms. The lowest BCUT2D eigenvalue weighted by Gasteiger charge is -2.24. The van der Waals surface area contributed by atoms with Gasteiger partial charge in [-0.2, -0.15) is 0 Å². The fraction of sp³-hybridized carbons (Fsp3) is 0.333. The number of nitrogens with zero attached hydrogens (tertiary/aromatic N) is 2. The number of rotatable bonds is 6. The Kier molecular flexibility index (Phi) is 5.14. The highest BCUT2D eigenvalue weighted by atomic mass is 19.1. The predicted octanol–water partition coefficient (Wildman–Crippen LogP) is 3.49. The molecule has 0 radical (unpaired) electrons. The second-order valence-corrected chi connectivity index (χ2v) is 6.76. The van der Waals surface area contributed by atoms with Crippen LogP contribution in [0, 0.1) is 5.82 Å². The average molecular weight is 384 g/mol. The number of ether oxygens (including phenoxy) is 2. The highest BCUT2D eigenvalue weighted by Gasteiger charge is 2.27. The molecule has 1 atom stereocenters. The second-order valence-electron chi connectivity index (χ2n) is 6.76. The third-order valence-electron chi connectivity index (χ3n) is 4.84. The van der Waals surface area contributed by atoms with Crippen LogP contribution in [-0.2, 0) is 16.2 Å². The topological polar surface area (TPSA) is 60.4 Å². The van der Waals surface area contributed by atoms with Gasteiger partial charge in [0.25, 0.3) is 0 Å². The molecule has 0 N–H and O–H groups in total. The smallest absolute Gasteiger partial charge is 0.231 e. The van der Waals surface area contributed by atoms with Crippen LogP contribution in [0.2, 0.25) is 0 Å². The van der Waals surface area contributed by atoms with Crippen LogP contribution in [0.5, 0.6) is 11.5 Å². The zero-order valence-corrected chi connectivity index (χ0v) is 15.6. The first-order valence-electron chi connectivity index (χ1n) is 9.28. The van der Waals surface area contributed by atoms with Crippen molar-refractivity contribution in [2.75, 3.05) is 13.3 Å². The number of halogens is 1. The summed E-state index contributed by atoms with van der Waals surface area (Å²) in [6.07, 6.45) is 0.629. The van der Waals surface area contributed by atoms with Gasteiger partial charge < -0.3 is 19.2 Å². The molecule has 2 aliphatic rings. The lowest BCUT2D eigenvalue weighted by atomic mass is 10.0. The Morgan fingerprint density at radius 2 is 2.04 bits per heavy atom. The van der Waals surface area contributed by atoms with Crippen LogP contribution in [0.1, 0.15) is 30.9 Å². The molecule has 0 aromatic heterocycles. The largest absolute Gasteiger partial charge is 0.454 e. The van der Waals surface area contributed by atoms with Gasteiger partial charge in [-0.3, -0.25) is 4.79 Å². The van der Waals surface area contributed by atoms with E-state index in [2.05, 4.69) is 5.16 Å². The minimum Gasteiger partial charge on any atom is -0.454 e. The Morgan fingerprint density at radius 3 is 2.86 bits per heavy atom. The normalized spacial score (nSPS) is 17.2. The van der Waals surface area contributed by atoms with Crippen molar-refractivity contribution in [1.82, 2.24) is 4.90 Å². The summed E-state index contributed by atoms with van der Waals surface area (Å²) >= 11 is 0. The van der Waals surface area contributed by atoms with Crippen LogP contribution in [0.3, 0.4) is 0 Å². The Bertz CT molecular complexity index is 915. The summed E-state index contributed by atoms with van der Waals surface area (Å²) in [6.45, 7) is 2.56. The van der Waals surface area contributed by atoms with Crippen molar-refractivity contribution in [3.63, 3.8) is 0 Å². The SMILES string of the molecule is CCC(=O)N(Cc1ccccc1F)C[C@H]1CC(c2ccc3c(c2)OCO3)=NO1. The summed E-state index contributed by atoms with van der Waals surface area (Å²) < 4.78 is 24.7. The van der Waals surface area contributed by atoms with Crippen molar-refractivity contribution in [3.05, 3.63) is 59.4 Å². The van der Waals surface area contributed by atoms with Gasteiger partial charge >= 0.3 is 0 Å². The highest BCUT2D eigenvalue weighted by molar-refractivity contribution is 6.01. The van der Waals surface area contributed by atoms with E-state index in [1.807, 2.05) is 18.2 Å².